The number of aromatic nitrogens is 2. The van der Waals surface area contributed by atoms with Gasteiger partial charge in [-0.15, -0.1) is 0 Å². The summed E-state index contributed by atoms with van der Waals surface area (Å²) in [7, 11) is -3.60. The Morgan fingerprint density at radius 1 is 0.917 bits per heavy atom. The van der Waals surface area contributed by atoms with Crippen LogP contribution in [0.25, 0.3) is 17.3 Å². The van der Waals surface area contributed by atoms with E-state index in [4.69, 9.17) is 23.2 Å². The molecule has 0 aliphatic rings. The van der Waals surface area contributed by atoms with E-state index in [1.54, 1.807) is 48.5 Å². The Morgan fingerprint density at radius 3 is 2.12 bits per heavy atom. The Balaban J connectivity index is 1.95. The summed E-state index contributed by atoms with van der Waals surface area (Å²) >= 11 is 11.1. The Labute approximate surface area is 155 Å². The van der Waals surface area contributed by atoms with Gasteiger partial charge in [0.05, 0.1) is 0 Å². The molecule has 0 aliphatic heterocycles. The summed E-state index contributed by atoms with van der Waals surface area (Å²) in [5.41, 5.74) is 1.81. The first-order valence-electron chi connectivity index (χ1n) is 6.73. The number of rotatable bonds is 4. The number of hydrogen-bond acceptors (Lipinski definition) is 4. The monoisotopic (exact) mass is 444 g/mol. The van der Waals surface area contributed by atoms with Crippen LogP contribution in [0.4, 0.5) is 0 Å². The van der Waals surface area contributed by atoms with Crippen molar-refractivity contribution in [1.29, 1.82) is 0 Å². The van der Waals surface area contributed by atoms with Crippen molar-refractivity contribution >= 4 is 53.8 Å². The van der Waals surface area contributed by atoms with Crippen molar-refractivity contribution in [2.75, 3.05) is 0 Å². The fourth-order valence-electron chi connectivity index (χ4n) is 1.96. The summed E-state index contributed by atoms with van der Waals surface area (Å²) < 4.78 is 29.4. The quantitative estimate of drug-likeness (QED) is 0.572. The SMILES string of the molecule is O=S(=O)(/C=C/c1ccc(Cl)cc1)c1[se]nnc1-c1ccc(Cl)cc1. The van der Waals surface area contributed by atoms with E-state index in [9.17, 15) is 8.42 Å². The molecule has 2 aromatic carbocycles. The van der Waals surface area contributed by atoms with Crippen molar-refractivity contribution in [2.45, 2.75) is 3.77 Å². The Morgan fingerprint density at radius 2 is 1.50 bits per heavy atom. The molecule has 0 radical (unpaired) electrons. The molecule has 1 aromatic heterocycles. The van der Waals surface area contributed by atoms with Gasteiger partial charge in [0.2, 0.25) is 0 Å². The Kier molecular flexibility index (Phi) is 5.23. The molecule has 8 heteroatoms. The fourth-order valence-corrected chi connectivity index (χ4v) is 5.30. The summed E-state index contributed by atoms with van der Waals surface area (Å²) in [4.78, 5) is 0. The summed E-state index contributed by atoms with van der Waals surface area (Å²) in [5.74, 6) is 0. The molecule has 122 valence electrons. The molecule has 4 nitrogen and oxygen atoms in total. The van der Waals surface area contributed by atoms with Gasteiger partial charge in [-0.3, -0.25) is 0 Å². The van der Waals surface area contributed by atoms with Gasteiger partial charge in [0.25, 0.3) is 0 Å². The molecule has 0 fully saturated rings. The van der Waals surface area contributed by atoms with Crippen molar-refractivity contribution < 1.29 is 8.42 Å². The predicted octanol–water partition coefficient (Wildman–Crippen LogP) is 3.95. The Bertz CT molecular complexity index is 982. The van der Waals surface area contributed by atoms with E-state index in [1.807, 2.05) is 0 Å². The maximum atomic E-state index is 12.6. The number of nitrogens with zero attached hydrogens (tertiary/aromatic N) is 2. The van der Waals surface area contributed by atoms with Crippen LogP contribution >= 0.6 is 23.2 Å². The zero-order valence-electron chi connectivity index (χ0n) is 12.1. The van der Waals surface area contributed by atoms with Crippen LogP contribution < -0.4 is 0 Å². The van der Waals surface area contributed by atoms with E-state index in [2.05, 4.69) is 9.19 Å². The van der Waals surface area contributed by atoms with Crippen LogP contribution in [0, 0.1) is 0 Å². The summed E-state index contributed by atoms with van der Waals surface area (Å²) in [6.45, 7) is 0. The third kappa shape index (κ3) is 3.97. The van der Waals surface area contributed by atoms with E-state index >= 15 is 0 Å². The van der Waals surface area contributed by atoms with Crippen LogP contribution in [0.5, 0.6) is 0 Å². The molecule has 0 unspecified atom stereocenters. The zero-order valence-corrected chi connectivity index (χ0v) is 16.1. The van der Waals surface area contributed by atoms with Crippen molar-refractivity contribution in [1.82, 2.24) is 9.19 Å². The van der Waals surface area contributed by atoms with Crippen molar-refractivity contribution in [3.8, 4) is 11.3 Å². The number of sulfone groups is 1. The first-order chi connectivity index (χ1) is 11.5. The minimum atomic E-state index is -3.60. The van der Waals surface area contributed by atoms with Gasteiger partial charge in [-0.05, 0) is 0 Å². The molecule has 24 heavy (non-hydrogen) atoms. The normalized spacial score (nSPS) is 11.9. The molecular formula is C16H10Cl2N2O2SSe. The van der Waals surface area contributed by atoms with Gasteiger partial charge in [0.1, 0.15) is 0 Å². The molecule has 3 rings (SSSR count). The minimum absolute atomic E-state index is 0.238. The third-order valence-electron chi connectivity index (χ3n) is 3.14. The van der Waals surface area contributed by atoms with E-state index in [0.717, 1.165) is 5.56 Å². The van der Waals surface area contributed by atoms with Gasteiger partial charge in [0.15, 0.2) is 0 Å². The van der Waals surface area contributed by atoms with Crippen molar-refractivity contribution in [3.05, 3.63) is 69.5 Å². The number of hydrogen-bond donors (Lipinski definition) is 0. The van der Waals surface area contributed by atoms with Crippen LogP contribution in [-0.2, 0) is 9.84 Å². The first kappa shape index (κ1) is 17.4. The number of benzene rings is 2. The second-order valence-electron chi connectivity index (χ2n) is 4.82. The molecule has 0 saturated carbocycles. The summed E-state index contributed by atoms with van der Waals surface area (Å²) in [6.07, 6.45) is 1.53. The Hall–Kier alpha value is -1.43. The molecule has 0 atom stereocenters. The molecular weight excluding hydrogens is 434 g/mol. The van der Waals surface area contributed by atoms with Crippen LogP contribution in [-0.4, -0.2) is 32.3 Å². The van der Waals surface area contributed by atoms with Crippen LogP contribution in [0.15, 0.2) is 57.7 Å². The average Bonchev–Trinajstić information content (AvgIpc) is 3.06. The molecule has 1 heterocycles. The first-order valence-corrected chi connectivity index (χ1v) is 10.7. The van der Waals surface area contributed by atoms with Gasteiger partial charge >= 0.3 is 156 Å². The fraction of sp³-hybridized carbons (Fsp3) is 0. The van der Waals surface area contributed by atoms with Crippen molar-refractivity contribution in [2.24, 2.45) is 0 Å². The zero-order chi connectivity index (χ0) is 17.2. The molecule has 0 amide bonds. The summed E-state index contributed by atoms with van der Waals surface area (Å²) in [6, 6.07) is 13.8. The van der Waals surface area contributed by atoms with Crippen LogP contribution in [0.1, 0.15) is 5.56 Å². The van der Waals surface area contributed by atoms with E-state index in [0.29, 0.717) is 21.3 Å². The maximum absolute atomic E-state index is 12.6. The van der Waals surface area contributed by atoms with E-state index in [-0.39, 0.29) is 3.77 Å². The standard InChI is InChI=1S/C16H10Cl2N2O2SSe/c17-13-5-1-11(2-6-13)9-10-23(21,22)16-15(19-20-24-16)12-3-7-14(18)8-4-12/h1-10H/b10-9+. The van der Waals surface area contributed by atoms with E-state index < -0.39 is 24.6 Å². The molecule has 0 bridgehead atoms. The van der Waals surface area contributed by atoms with Gasteiger partial charge in [-0.2, -0.15) is 0 Å². The molecule has 3 aromatic rings. The average molecular weight is 444 g/mol. The molecule has 0 saturated heterocycles. The number of halogens is 2. The van der Waals surface area contributed by atoms with E-state index in [1.165, 1.54) is 11.5 Å². The van der Waals surface area contributed by atoms with Gasteiger partial charge in [-0.25, -0.2) is 0 Å². The molecule has 0 aliphatic carbocycles. The molecule has 0 spiro atoms. The molecule has 0 N–H and O–H groups in total. The summed E-state index contributed by atoms with van der Waals surface area (Å²) in [5, 5.41) is 6.36. The van der Waals surface area contributed by atoms with Gasteiger partial charge < -0.3 is 0 Å². The van der Waals surface area contributed by atoms with Crippen LogP contribution in [0.3, 0.4) is 0 Å². The topological polar surface area (TPSA) is 59.9 Å². The predicted molar refractivity (Wildman–Crippen MR) is 97.1 cm³/mol. The van der Waals surface area contributed by atoms with Crippen molar-refractivity contribution in [3.63, 3.8) is 0 Å². The van der Waals surface area contributed by atoms with Crippen LogP contribution in [0.2, 0.25) is 10.0 Å². The third-order valence-corrected chi connectivity index (χ3v) is 7.80. The second kappa shape index (κ2) is 7.21. The second-order valence-corrected chi connectivity index (χ2v) is 9.62. The van der Waals surface area contributed by atoms with Gasteiger partial charge in [-0.1, -0.05) is 0 Å². The van der Waals surface area contributed by atoms with Gasteiger partial charge in [0, 0.05) is 0 Å².